The molecule has 0 spiro atoms. The average Bonchev–Trinajstić information content (AvgIpc) is 2.35. The van der Waals surface area contributed by atoms with Crippen LogP contribution in [0.5, 0.6) is 5.75 Å². The third kappa shape index (κ3) is 3.54. The van der Waals surface area contributed by atoms with E-state index in [1.165, 1.54) is 12.1 Å². The predicted octanol–water partition coefficient (Wildman–Crippen LogP) is 3.86. The molecule has 0 radical (unpaired) electrons. The molecule has 0 unspecified atom stereocenters. The summed E-state index contributed by atoms with van der Waals surface area (Å²) >= 11 is 6.17. The summed E-state index contributed by atoms with van der Waals surface area (Å²) in [5.41, 5.74) is 2.43. The van der Waals surface area contributed by atoms with Gasteiger partial charge in [-0.2, -0.15) is 0 Å². The zero-order valence-corrected chi connectivity index (χ0v) is 12.1. The molecule has 0 aliphatic rings. The quantitative estimate of drug-likeness (QED) is 0.899. The van der Waals surface area contributed by atoms with E-state index in [1.54, 1.807) is 0 Å². The highest BCUT2D eigenvalue weighted by Gasteiger charge is 2.04. The van der Waals surface area contributed by atoms with Crippen LogP contribution in [0.3, 0.4) is 0 Å². The maximum absolute atomic E-state index is 13.1. The Morgan fingerprint density at radius 2 is 1.95 bits per heavy atom. The highest BCUT2D eigenvalue weighted by molar-refractivity contribution is 6.33. The molecule has 2 rings (SSSR count). The summed E-state index contributed by atoms with van der Waals surface area (Å²) in [6, 6.07) is 9.60. The van der Waals surface area contributed by atoms with Crippen LogP contribution in [0.25, 0.3) is 0 Å². The molecule has 3 nitrogen and oxygen atoms in total. The number of benzene rings is 2. The molecule has 0 atom stereocenters. The summed E-state index contributed by atoms with van der Waals surface area (Å²) < 4.78 is 13.1. The number of hydrogen-bond donors (Lipinski definition) is 2. The first-order valence-corrected chi connectivity index (χ1v) is 6.52. The lowest BCUT2D eigenvalue weighted by Crippen LogP contribution is -2.09. The molecule has 0 bridgehead atoms. The van der Waals surface area contributed by atoms with Gasteiger partial charge in [-0.05, 0) is 35.9 Å². The van der Waals surface area contributed by atoms with Crippen molar-refractivity contribution in [3.8, 4) is 5.75 Å². The molecule has 0 saturated carbocycles. The molecule has 2 N–H and O–H groups in total. The summed E-state index contributed by atoms with van der Waals surface area (Å²) in [5.74, 6) is -0.537. The normalized spacial score (nSPS) is 10.4. The molecule has 2 aromatic carbocycles. The van der Waals surface area contributed by atoms with E-state index in [9.17, 15) is 9.50 Å². The fourth-order valence-electron chi connectivity index (χ4n) is 1.92. The van der Waals surface area contributed by atoms with E-state index in [2.05, 4.69) is 5.32 Å². The standard InChI is InChI=1S/C15H16ClFN2O/c1-19(2)15-4-3-12(8-14(15)16)18-9-10-5-11(17)7-13(20)6-10/h3-8,18,20H,9H2,1-2H3. The van der Waals surface area contributed by atoms with E-state index in [0.717, 1.165) is 17.4 Å². The molecule has 0 amide bonds. The fraction of sp³-hybridized carbons (Fsp3) is 0.200. The highest BCUT2D eigenvalue weighted by Crippen LogP contribution is 2.27. The minimum absolute atomic E-state index is 0.0808. The molecule has 0 aliphatic heterocycles. The fourth-order valence-corrected chi connectivity index (χ4v) is 2.27. The van der Waals surface area contributed by atoms with Gasteiger partial charge in [0.25, 0.3) is 0 Å². The van der Waals surface area contributed by atoms with Gasteiger partial charge in [0.1, 0.15) is 11.6 Å². The Hall–Kier alpha value is -1.94. The van der Waals surface area contributed by atoms with Crippen LogP contribution < -0.4 is 10.2 Å². The van der Waals surface area contributed by atoms with E-state index in [-0.39, 0.29) is 5.75 Å². The van der Waals surface area contributed by atoms with Crippen molar-refractivity contribution in [1.82, 2.24) is 0 Å². The summed E-state index contributed by atoms with van der Waals surface area (Å²) in [6.45, 7) is 0.406. The Bertz CT molecular complexity index is 597. The van der Waals surface area contributed by atoms with Gasteiger partial charge in [-0.25, -0.2) is 4.39 Å². The number of anilines is 2. The van der Waals surface area contributed by atoms with Gasteiger partial charge < -0.3 is 15.3 Å². The van der Waals surface area contributed by atoms with Gasteiger partial charge in [0, 0.05) is 32.4 Å². The van der Waals surface area contributed by atoms with Gasteiger partial charge in [0.05, 0.1) is 10.7 Å². The largest absolute Gasteiger partial charge is 0.508 e. The average molecular weight is 295 g/mol. The van der Waals surface area contributed by atoms with Crippen LogP contribution in [0.1, 0.15) is 5.56 Å². The minimum Gasteiger partial charge on any atom is -0.508 e. The molecular weight excluding hydrogens is 279 g/mol. The molecule has 20 heavy (non-hydrogen) atoms. The molecule has 0 heterocycles. The predicted molar refractivity (Wildman–Crippen MR) is 81.2 cm³/mol. The van der Waals surface area contributed by atoms with Crippen molar-refractivity contribution in [3.05, 3.63) is 52.8 Å². The molecular formula is C15H16ClFN2O. The van der Waals surface area contributed by atoms with Crippen LogP contribution in [-0.4, -0.2) is 19.2 Å². The van der Waals surface area contributed by atoms with Crippen molar-refractivity contribution in [2.75, 3.05) is 24.3 Å². The monoisotopic (exact) mass is 294 g/mol. The number of nitrogens with zero attached hydrogens (tertiary/aromatic N) is 1. The number of aromatic hydroxyl groups is 1. The highest BCUT2D eigenvalue weighted by atomic mass is 35.5. The third-order valence-corrected chi connectivity index (χ3v) is 3.17. The van der Waals surface area contributed by atoms with Crippen LogP contribution >= 0.6 is 11.6 Å². The van der Waals surface area contributed by atoms with Gasteiger partial charge in [-0.15, -0.1) is 0 Å². The maximum atomic E-state index is 13.1. The summed E-state index contributed by atoms with van der Waals surface area (Å²) in [4.78, 5) is 1.93. The van der Waals surface area contributed by atoms with E-state index >= 15 is 0 Å². The van der Waals surface area contributed by atoms with Crippen LogP contribution in [0, 0.1) is 5.82 Å². The zero-order valence-electron chi connectivity index (χ0n) is 11.3. The number of nitrogens with one attached hydrogen (secondary N) is 1. The second-order valence-electron chi connectivity index (χ2n) is 4.73. The summed E-state index contributed by atoms with van der Waals surface area (Å²) in [7, 11) is 3.84. The van der Waals surface area contributed by atoms with E-state index < -0.39 is 5.82 Å². The first-order valence-electron chi connectivity index (χ1n) is 6.15. The smallest absolute Gasteiger partial charge is 0.127 e. The van der Waals surface area contributed by atoms with Gasteiger partial charge in [-0.1, -0.05) is 11.6 Å². The van der Waals surface area contributed by atoms with E-state index in [0.29, 0.717) is 17.1 Å². The topological polar surface area (TPSA) is 35.5 Å². The Labute approximate surface area is 122 Å². The lowest BCUT2D eigenvalue weighted by molar-refractivity contribution is 0.468. The van der Waals surface area contributed by atoms with Crippen LogP contribution in [0.4, 0.5) is 15.8 Å². The van der Waals surface area contributed by atoms with Crippen molar-refractivity contribution < 1.29 is 9.50 Å². The Kier molecular flexibility index (Phi) is 4.35. The van der Waals surface area contributed by atoms with Crippen molar-refractivity contribution in [2.45, 2.75) is 6.54 Å². The summed E-state index contributed by atoms with van der Waals surface area (Å²) in [6.07, 6.45) is 0. The molecule has 0 aliphatic carbocycles. The molecule has 2 aromatic rings. The number of hydrogen-bond acceptors (Lipinski definition) is 3. The Morgan fingerprint density at radius 1 is 1.20 bits per heavy atom. The van der Waals surface area contributed by atoms with Crippen LogP contribution in [0.2, 0.25) is 5.02 Å². The third-order valence-electron chi connectivity index (χ3n) is 2.87. The number of halogens is 2. The molecule has 5 heteroatoms. The van der Waals surface area contributed by atoms with Gasteiger partial charge in [-0.3, -0.25) is 0 Å². The Morgan fingerprint density at radius 3 is 2.55 bits per heavy atom. The van der Waals surface area contributed by atoms with Gasteiger partial charge >= 0.3 is 0 Å². The van der Waals surface area contributed by atoms with E-state index in [1.807, 2.05) is 37.2 Å². The molecule has 0 saturated heterocycles. The number of phenolic OH excluding ortho intramolecular Hbond substituents is 1. The zero-order chi connectivity index (χ0) is 14.7. The second-order valence-corrected chi connectivity index (χ2v) is 5.14. The summed E-state index contributed by atoms with van der Waals surface area (Å²) in [5, 5.41) is 13.1. The molecule has 0 aromatic heterocycles. The molecule has 106 valence electrons. The number of phenols is 1. The first-order chi connectivity index (χ1) is 9.45. The van der Waals surface area contributed by atoms with Crippen molar-refractivity contribution in [3.63, 3.8) is 0 Å². The van der Waals surface area contributed by atoms with Gasteiger partial charge in [0.15, 0.2) is 0 Å². The Balaban J connectivity index is 2.09. The first kappa shape index (κ1) is 14.5. The van der Waals surface area contributed by atoms with Crippen LogP contribution in [-0.2, 0) is 6.54 Å². The van der Waals surface area contributed by atoms with Crippen molar-refractivity contribution in [2.24, 2.45) is 0 Å². The van der Waals surface area contributed by atoms with Crippen molar-refractivity contribution in [1.29, 1.82) is 0 Å². The van der Waals surface area contributed by atoms with E-state index in [4.69, 9.17) is 11.6 Å². The number of rotatable bonds is 4. The van der Waals surface area contributed by atoms with Crippen LogP contribution in [0.15, 0.2) is 36.4 Å². The van der Waals surface area contributed by atoms with Gasteiger partial charge in [0.2, 0.25) is 0 Å². The molecule has 0 fully saturated rings. The lowest BCUT2D eigenvalue weighted by atomic mass is 10.2. The minimum atomic E-state index is -0.456. The SMILES string of the molecule is CN(C)c1ccc(NCc2cc(O)cc(F)c2)cc1Cl. The lowest BCUT2D eigenvalue weighted by Gasteiger charge is -2.15. The maximum Gasteiger partial charge on any atom is 0.127 e. The van der Waals surface area contributed by atoms with Crippen molar-refractivity contribution >= 4 is 23.0 Å². The second kappa shape index (κ2) is 6.01.